The summed E-state index contributed by atoms with van der Waals surface area (Å²) in [5, 5.41) is 2.05. The Balaban J connectivity index is 0.899. The molecule has 0 spiro atoms. The maximum absolute atomic E-state index is 14.2. The van der Waals surface area contributed by atoms with E-state index in [1.807, 2.05) is 29.7 Å². The van der Waals surface area contributed by atoms with Gasteiger partial charge in [-0.25, -0.2) is 17.8 Å². The second-order valence-corrected chi connectivity index (χ2v) is 16.3. The highest BCUT2D eigenvalue weighted by Gasteiger charge is 2.45. The number of benzene rings is 1. The molecule has 14 heteroatoms. The predicted octanol–water partition coefficient (Wildman–Crippen LogP) is 5.82. The van der Waals surface area contributed by atoms with Crippen LogP contribution in [0.1, 0.15) is 64.2 Å². The van der Waals surface area contributed by atoms with Crippen LogP contribution in [-0.4, -0.2) is 60.0 Å². The fraction of sp³-hybridized carbons (Fsp3) is 0.444. The Labute approximate surface area is 293 Å². The fourth-order valence-electron chi connectivity index (χ4n) is 6.64. The molecule has 11 nitrogen and oxygen atoms in total. The topological polar surface area (TPSA) is 162 Å². The van der Waals surface area contributed by atoms with Gasteiger partial charge in [0.05, 0.1) is 22.4 Å². The molecule has 1 saturated heterocycles. The predicted molar refractivity (Wildman–Crippen MR) is 187 cm³/mol. The van der Waals surface area contributed by atoms with Crippen molar-refractivity contribution in [2.45, 2.75) is 81.6 Å². The van der Waals surface area contributed by atoms with Gasteiger partial charge in [-0.2, -0.15) is 0 Å². The van der Waals surface area contributed by atoms with Crippen LogP contribution in [0.3, 0.4) is 0 Å². The molecular weight excluding hydrogens is 684 g/mol. The van der Waals surface area contributed by atoms with Gasteiger partial charge in [0, 0.05) is 30.2 Å². The van der Waals surface area contributed by atoms with E-state index in [9.17, 15) is 27.2 Å². The molecule has 4 heterocycles. The lowest BCUT2D eigenvalue weighted by Gasteiger charge is -2.22. The number of sulfonamides is 1. The number of nitrogens with two attached hydrogens (primary N) is 1. The number of amides is 3. The molecule has 3 aliphatic rings. The van der Waals surface area contributed by atoms with E-state index in [1.165, 1.54) is 28.4 Å². The van der Waals surface area contributed by atoms with E-state index in [4.69, 9.17) is 19.9 Å². The van der Waals surface area contributed by atoms with Crippen molar-refractivity contribution in [1.82, 2.24) is 14.6 Å². The molecule has 2 aliphatic carbocycles. The summed E-state index contributed by atoms with van der Waals surface area (Å²) in [7, 11) is -3.50. The molecule has 4 aromatic rings. The third-order valence-electron chi connectivity index (χ3n) is 9.60. The molecule has 50 heavy (non-hydrogen) atoms. The van der Waals surface area contributed by atoms with Crippen LogP contribution in [0.2, 0.25) is 0 Å². The van der Waals surface area contributed by atoms with E-state index >= 15 is 0 Å². The molecule has 7 rings (SSSR count). The lowest BCUT2D eigenvalue weighted by molar-refractivity contribution is -0.137. The summed E-state index contributed by atoms with van der Waals surface area (Å²) >= 11 is 1.51. The maximum Gasteiger partial charge on any atom is 0.240 e. The Kier molecular flexibility index (Phi) is 9.66. The van der Waals surface area contributed by atoms with E-state index in [1.54, 1.807) is 12.1 Å². The van der Waals surface area contributed by atoms with Gasteiger partial charge >= 0.3 is 0 Å². The number of likely N-dealkylation sites (tertiary alicyclic amines) is 1. The van der Waals surface area contributed by atoms with Crippen molar-refractivity contribution in [3.63, 3.8) is 0 Å². The van der Waals surface area contributed by atoms with Crippen LogP contribution in [0.25, 0.3) is 32.6 Å². The summed E-state index contributed by atoms with van der Waals surface area (Å²) in [5.41, 5.74) is 7.67. The first kappa shape index (κ1) is 34.2. The Bertz CT molecular complexity index is 2060. The van der Waals surface area contributed by atoms with Gasteiger partial charge in [-0.15, -0.1) is 11.3 Å². The van der Waals surface area contributed by atoms with Crippen molar-refractivity contribution >= 4 is 61.2 Å². The van der Waals surface area contributed by atoms with Crippen LogP contribution in [0.4, 0.5) is 4.39 Å². The first-order valence-electron chi connectivity index (χ1n) is 17.1. The van der Waals surface area contributed by atoms with Crippen LogP contribution < -0.4 is 15.2 Å². The van der Waals surface area contributed by atoms with Gasteiger partial charge < -0.3 is 19.8 Å². The standard InChI is InChI=1S/C36H39FN4O7S2/c37-22-11-14-29-26(17-22)33-34(48-29)30(19-27(39-33)31-9-7-15-49-31)47-23-18-28(35(38)43)41(20-23)32(42)10-6-4-2-1-3-5-8-21-16-25(21)36(44)40-50(45,46)24-12-13-24/h5,7-9,11,14-15,17,19,21,23-25,28H,1-4,6,10,12-13,16,18,20H2,(H2,38,43)(H,40,44)/b8-5-/t21-,23-,25+,28+/m1/s1. The van der Waals surface area contributed by atoms with Gasteiger partial charge in [-0.05, 0) is 74.1 Å². The highest BCUT2D eigenvalue weighted by Crippen LogP contribution is 2.41. The number of pyridine rings is 1. The Morgan fingerprint density at radius 1 is 1.12 bits per heavy atom. The number of nitrogens with one attached hydrogen (secondary N) is 1. The number of thiophene rings is 1. The van der Waals surface area contributed by atoms with Crippen molar-refractivity contribution < 1.29 is 36.3 Å². The molecule has 2 saturated carbocycles. The molecule has 1 aromatic carbocycles. The number of halogens is 1. The number of carbonyl (C=O) groups excluding carboxylic acids is 3. The van der Waals surface area contributed by atoms with Gasteiger partial charge in [-0.3, -0.25) is 19.1 Å². The van der Waals surface area contributed by atoms with Crippen molar-refractivity contribution in [1.29, 1.82) is 0 Å². The Morgan fingerprint density at radius 2 is 1.94 bits per heavy atom. The number of primary amides is 1. The van der Waals surface area contributed by atoms with Crippen LogP contribution in [0.5, 0.6) is 5.75 Å². The summed E-state index contributed by atoms with van der Waals surface area (Å²) in [6.45, 7) is 0.191. The number of rotatable bonds is 15. The number of nitrogens with zero attached hydrogens (tertiary/aromatic N) is 2. The molecule has 264 valence electrons. The zero-order chi connectivity index (χ0) is 35.0. The van der Waals surface area contributed by atoms with E-state index in [0.29, 0.717) is 59.2 Å². The first-order valence-corrected chi connectivity index (χ1v) is 19.5. The lowest BCUT2D eigenvalue weighted by Crippen LogP contribution is -2.43. The fourth-order valence-corrected chi connectivity index (χ4v) is 8.68. The number of hydrogen-bond acceptors (Lipinski definition) is 9. The largest absolute Gasteiger partial charge is 0.484 e. The number of furan rings is 1. The molecule has 3 aromatic heterocycles. The second-order valence-electron chi connectivity index (χ2n) is 13.4. The van der Waals surface area contributed by atoms with E-state index in [0.717, 1.165) is 30.6 Å². The van der Waals surface area contributed by atoms with E-state index in [2.05, 4.69) is 4.72 Å². The minimum atomic E-state index is -3.50. The minimum Gasteiger partial charge on any atom is -0.484 e. The van der Waals surface area contributed by atoms with Gasteiger partial charge in [0.25, 0.3) is 0 Å². The van der Waals surface area contributed by atoms with Gasteiger partial charge in [0.15, 0.2) is 11.3 Å². The number of allylic oxidation sites excluding steroid dienone is 2. The van der Waals surface area contributed by atoms with Gasteiger partial charge in [0.2, 0.25) is 27.7 Å². The third kappa shape index (κ3) is 7.55. The number of aromatic nitrogens is 1. The molecule has 3 amide bonds. The highest BCUT2D eigenvalue weighted by molar-refractivity contribution is 7.90. The molecule has 0 radical (unpaired) electrons. The van der Waals surface area contributed by atoms with Crippen molar-refractivity contribution in [2.75, 3.05) is 6.54 Å². The minimum absolute atomic E-state index is 0.0874. The van der Waals surface area contributed by atoms with Crippen molar-refractivity contribution in [3.05, 3.63) is 59.7 Å². The summed E-state index contributed by atoms with van der Waals surface area (Å²) in [6.07, 6.45) is 10.2. The smallest absolute Gasteiger partial charge is 0.240 e. The average Bonchev–Trinajstić information content (AvgIpc) is 3.94. The number of unbranched alkanes of at least 4 members (excludes halogenated alkanes) is 4. The first-order chi connectivity index (χ1) is 24.1. The molecule has 3 fully saturated rings. The maximum atomic E-state index is 14.2. The number of carbonyl (C=O) groups is 3. The van der Waals surface area contributed by atoms with Crippen LogP contribution in [-0.2, 0) is 24.4 Å². The Morgan fingerprint density at radius 3 is 2.70 bits per heavy atom. The number of hydrogen-bond donors (Lipinski definition) is 2. The monoisotopic (exact) mass is 722 g/mol. The van der Waals surface area contributed by atoms with Crippen LogP contribution >= 0.6 is 11.3 Å². The number of ether oxygens (including phenoxy) is 1. The molecule has 3 N–H and O–H groups in total. The quantitative estimate of drug-likeness (QED) is 0.115. The van der Waals surface area contributed by atoms with Crippen LogP contribution in [0.15, 0.2) is 58.3 Å². The van der Waals surface area contributed by atoms with Gasteiger partial charge in [0.1, 0.15) is 29.1 Å². The Hall–Kier alpha value is -4.30. The number of fused-ring (bicyclic) bond motifs is 3. The van der Waals surface area contributed by atoms with Crippen molar-refractivity contribution in [3.8, 4) is 16.3 Å². The molecule has 4 atom stereocenters. The van der Waals surface area contributed by atoms with E-state index in [-0.39, 0.29) is 37.1 Å². The van der Waals surface area contributed by atoms with Crippen LogP contribution in [0, 0.1) is 17.7 Å². The summed E-state index contributed by atoms with van der Waals surface area (Å²) in [6, 6.07) is 9.08. The highest BCUT2D eigenvalue weighted by atomic mass is 32.2. The summed E-state index contributed by atoms with van der Waals surface area (Å²) < 4.78 is 52.8. The summed E-state index contributed by atoms with van der Waals surface area (Å²) in [5.74, 6) is -1.33. The lowest BCUT2D eigenvalue weighted by atomic mass is 10.1. The van der Waals surface area contributed by atoms with Crippen molar-refractivity contribution in [2.24, 2.45) is 17.6 Å². The molecule has 0 bridgehead atoms. The molecule has 0 unspecified atom stereocenters. The average molecular weight is 723 g/mol. The SMILES string of the molecule is NC(=O)[C@@H]1C[C@@H](Oc2cc(-c3cccs3)nc3c2oc2ccc(F)cc23)CN1C(=O)CCCCCC/C=C\[C@@H]1C[C@@H]1C(=O)NS(=O)(=O)C1CC1. The van der Waals surface area contributed by atoms with E-state index < -0.39 is 45.1 Å². The normalized spacial score (nSPS) is 22.1. The van der Waals surface area contributed by atoms with Gasteiger partial charge in [-0.1, -0.05) is 31.1 Å². The molecule has 1 aliphatic heterocycles. The zero-order valence-electron chi connectivity index (χ0n) is 27.4. The summed E-state index contributed by atoms with van der Waals surface area (Å²) in [4.78, 5) is 45.1. The molecular formula is C36H39FN4O7S2. The third-order valence-corrected chi connectivity index (χ3v) is 12.3. The second kappa shape index (κ2) is 14.1. The zero-order valence-corrected chi connectivity index (χ0v) is 29.0.